The van der Waals surface area contributed by atoms with E-state index in [1.54, 1.807) is 31.6 Å². The van der Waals surface area contributed by atoms with E-state index >= 15 is 0 Å². The van der Waals surface area contributed by atoms with Gasteiger partial charge in [-0.3, -0.25) is 0 Å². The lowest BCUT2D eigenvalue weighted by Crippen LogP contribution is -1.90. The Bertz CT molecular complexity index is 905. The van der Waals surface area contributed by atoms with Crippen molar-refractivity contribution in [2.45, 2.75) is 0 Å². The van der Waals surface area contributed by atoms with Gasteiger partial charge in [-0.1, -0.05) is 12.1 Å². The number of hydrogen-bond acceptors (Lipinski definition) is 6. The first kappa shape index (κ1) is 16.2. The molecule has 0 N–H and O–H groups in total. The van der Waals surface area contributed by atoms with Crippen molar-refractivity contribution in [1.82, 2.24) is 4.98 Å². The normalized spacial score (nSPS) is 11.1. The van der Waals surface area contributed by atoms with E-state index in [2.05, 4.69) is 11.1 Å². The summed E-state index contributed by atoms with van der Waals surface area (Å²) in [5, 5.41) is 14.2. The van der Waals surface area contributed by atoms with Crippen molar-refractivity contribution in [2.24, 2.45) is 0 Å². The molecule has 6 heteroatoms. The highest BCUT2D eigenvalue weighted by molar-refractivity contribution is 7.14. The van der Waals surface area contributed by atoms with Gasteiger partial charge in [-0.15, -0.1) is 22.7 Å². The maximum atomic E-state index is 9.50. The highest BCUT2D eigenvalue weighted by Gasteiger charge is 2.10. The molecule has 120 valence electrons. The first-order valence-corrected chi connectivity index (χ1v) is 8.84. The van der Waals surface area contributed by atoms with E-state index in [9.17, 15) is 5.26 Å². The molecule has 0 bridgehead atoms. The zero-order chi connectivity index (χ0) is 16.9. The monoisotopic (exact) mass is 354 g/mol. The number of nitriles is 1. The van der Waals surface area contributed by atoms with Gasteiger partial charge in [-0.2, -0.15) is 5.26 Å². The van der Waals surface area contributed by atoms with Crippen LogP contribution in [0.2, 0.25) is 0 Å². The predicted molar refractivity (Wildman–Crippen MR) is 98.5 cm³/mol. The SMILES string of the molecule is COc1ccc(/C=C(\C#N)c2nc(-c3cccs3)cs2)cc1OC. The van der Waals surface area contributed by atoms with Crippen molar-refractivity contribution in [3.05, 3.63) is 51.7 Å². The van der Waals surface area contributed by atoms with Crippen LogP contribution >= 0.6 is 22.7 Å². The summed E-state index contributed by atoms with van der Waals surface area (Å²) in [7, 11) is 3.18. The molecule has 0 aliphatic carbocycles. The fourth-order valence-electron chi connectivity index (χ4n) is 2.19. The largest absolute Gasteiger partial charge is 0.493 e. The molecule has 3 aromatic rings. The third-order valence-electron chi connectivity index (χ3n) is 3.35. The topological polar surface area (TPSA) is 55.1 Å². The van der Waals surface area contributed by atoms with Crippen molar-refractivity contribution in [3.8, 4) is 28.1 Å². The van der Waals surface area contributed by atoms with E-state index in [4.69, 9.17) is 9.47 Å². The lowest BCUT2D eigenvalue weighted by Gasteiger charge is -2.07. The van der Waals surface area contributed by atoms with Crippen molar-refractivity contribution in [1.29, 1.82) is 5.26 Å². The Morgan fingerprint density at radius 2 is 2.00 bits per heavy atom. The van der Waals surface area contributed by atoms with E-state index in [1.807, 2.05) is 41.1 Å². The lowest BCUT2D eigenvalue weighted by atomic mass is 10.1. The Hall–Kier alpha value is -2.62. The standard InChI is InChI=1S/C18H14N2O2S2/c1-21-15-6-5-12(9-16(15)22-2)8-13(10-19)18-20-14(11-24-18)17-4-3-7-23-17/h3-9,11H,1-2H3/b13-8+. The van der Waals surface area contributed by atoms with E-state index in [-0.39, 0.29) is 0 Å². The average Bonchev–Trinajstić information content (AvgIpc) is 3.30. The molecule has 0 spiro atoms. The molecule has 0 atom stereocenters. The molecule has 3 rings (SSSR count). The second kappa shape index (κ2) is 7.30. The molecule has 0 aliphatic rings. The van der Waals surface area contributed by atoms with E-state index < -0.39 is 0 Å². The third-order valence-corrected chi connectivity index (χ3v) is 5.12. The Morgan fingerprint density at radius 1 is 1.17 bits per heavy atom. The zero-order valence-corrected chi connectivity index (χ0v) is 14.8. The number of rotatable bonds is 5. The fraction of sp³-hybridized carbons (Fsp3) is 0.111. The quantitative estimate of drug-likeness (QED) is 0.608. The van der Waals surface area contributed by atoms with Crippen molar-refractivity contribution >= 4 is 34.3 Å². The number of nitrogens with zero attached hydrogens (tertiary/aromatic N) is 2. The van der Waals surface area contributed by atoms with Crippen molar-refractivity contribution in [2.75, 3.05) is 14.2 Å². The van der Waals surface area contributed by atoms with Gasteiger partial charge in [0.1, 0.15) is 11.1 Å². The summed E-state index contributed by atoms with van der Waals surface area (Å²) in [4.78, 5) is 5.68. The van der Waals surface area contributed by atoms with Gasteiger partial charge in [0, 0.05) is 5.38 Å². The molecule has 0 radical (unpaired) electrons. The number of thiazole rings is 1. The van der Waals surface area contributed by atoms with Crippen LogP contribution in [0.25, 0.3) is 22.2 Å². The van der Waals surface area contributed by atoms with Gasteiger partial charge in [0.2, 0.25) is 0 Å². The molecule has 1 aromatic carbocycles. The van der Waals surface area contributed by atoms with Crippen LogP contribution in [0.4, 0.5) is 0 Å². The smallest absolute Gasteiger partial charge is 0.161 e. The molecular formula is C18H14N2O2S2. The molecule has 0 saturated carbocycles. The number of ether oxygens (including phenoxy) is 2. The van der Waals surface area contributed by atoms with Gasteiger partial charge < -0.3 is 9.47 Å². The number of aromatic nitrogens is 1. The Labute approximate surface area is 148 Å². The highest BCUT2D eigenvalue weighted by Crippen LogP contribution is 2.32. The summed E-state index contributed by atoms with van der Waals surface area (Å²) in [5.41, 5.74) is 2.28. The minimum absolute atomic E-state index is 0.523. The predicted octanol–water partition coefficient (Wildman–Crippen LogP) is 4.95. The molecule has 0 saturated heterocycles. The highest BCUT2D eigenvalue weighted by atomic mass is 32.1. The average molecular weight is 354 g/mol. The first-order chi connectivity index (χ1) is 11.7. The van der Waals surface area contributed by atoms with Crippen molar-refractivity contribution in [3.63, 3.8) is 0 Å². The van der Waals surface area contributed by atoms with Gasteiger partial charge in [0.05, 0.1) is 30.4 Å². The second-order valence-electron chi connectivity index (χ2n) is 4.80. The Balaban J connectivity index is 1.94. The minimum atomic E-state index is 0.523. The zero-order valence-electron chi connectivity index (χ0n) is 13.1. The summed E-state index contributed by atoms with van der Waals surface area (Å²) in [5.74, 6) is 1.28. The summed E-state index contributed by atoms with van der Waals surface area (Å²) < 4.78 is 10.5. The number of hydrogen-bond donors (Lipinski definition) is 0. The second-order valence-corrected chi connectivity index (χ2v) is 6.61. The van der Waals surface area contributed by atoms with Crippen LogP contribution in [0.3, 0.4) is 0 Å². The lowest BCUT2D eigenvalue weighted by molar-refractivity contribution is 0.355. The Morgan fingerprint density at radius 3 is 2.67 bits per heavy atom. The molecule has 0 fully saturated rings. The van der Waals surface area contributed by atoms with Crippen LogP contribution in [0, 0.1) is 11.3 Å². The van der Waals surface area contributed by atoms with Gasteiger partial charge in [0.25, 0.3) is 0 Å². The van der Waals surface area contributed by atoms with Gasteiger partial charge in [-0.05, 0) is 35.2 Å². The molecule has 0 amide bonds. The number of methoxy groups -OCH3 is 2. The van der Waals surface area contributed by atoms with Gasteiger partial charge >= 0.3 is 0 Å². The fourth-order valence-corrected chi connectivity index (χ4v) is 3.73. The minimum Gasteiger partial charge on any atom is -0.493 e. The maximum absolute atomic E-state index is 9.50. The maximum Gasteiger partial charge on any atom is 0.161 e. The van der Waals surface area contributed by atoms with Gasteiger partial charge in [0.15, 0.2) is 11.5 Å². The molecule has 2 heterocycles. The third kappa shape index (κ3) is 3.32. The van der Waals surface area contributed by atoms with E-state index in [0.29, 0.717) is 22.1 Å². The molecule has 4 nitrogen and oxygen atoms in total. The van der Waals surface area contributed by atoms with E-state index in [0.717, 1.165) is 16.1 Å². The van der Waals surface area contributed by atoms with Crippen LogP contribution < -0.4 is 9.47 Å². The van der Waals surface area contributed by atoms with Crippen molar-refractivity contribution < 1.29 is 9.47 Å². The van der Waals surface area contributed by atoms with Crippen LogP contribution in [0.1, 0.15) is 10.6 Å². The summed E-state index contributed by atoms with van der Waals surface area (Å²) in [6.07, 6.45) is 1.80. The van der Waals surface area contributed by atoms with Crippen LogP contribution in [0.15, 0.2) is 41.1 Å². The Kier molecular flexibility index (Phi) is 4.94. The van der Waals surface area contributed by atoms with Gasteiger partial charge in [-0.25, -0.2) is 4.98 Å². The molecule has 24 heavy (non-hydrogen) atoms. The van der Waals surface area contributed by atoms with E-state index in [1.165, 1.54) is 11.3 Å². The summed E-state index contributed by atoms with van der Waals surface area (Å²) >= 11 is 3.10. The molecule has 0 unspecified atom stereocenters. The van der Waals surface area contributed by atoms with Crippen LogP contribution in [-0.2, 0) is 0 Å². The number of benzene rings is 1. The first-order valence-electron chi connectivity index (χ1n) is 7.08. The summed E-state index contributed by atoms with van der Waals surface area (Å²) in [6.45, 7) is 0. The molecule has 0 aliphatic heterocycles. The van der Waals surface area contributed by atoms with Crippen LogP contribution in [0.5, 0.6) is 11.5 Å². The molecular weight excluding hydrogens is 340 g/mol. The molecule has 2 aromatic heterocycles. The van der Waals surface area contributed by atoms with Crippen LogP contribution in [-0.4, -0.2) is 19.2 Å². The number of thiophene rings is 1. The summed E-state index contributed by atoms with van der Waals surface area (Å²) in [6, 6.07) is 11.8. The number of allylic oxidation sites excluding steroid dienone is 1.